The molecule has 0 fully saturated rings. The normalized spacial score (nSPS) is 10.4. The monoisotopic (exact) mass is 276 g/mol. The molecule has 0 unspecified atom stereocenters. The standard InChI is InChI=1S/C21H24/c1-5-9-17-11-13-21(19(8-4)15-17)20-12-10-16(6-2)14-18(20)7-3/h7-8,10-15H,3-6,9H2,1-2H3. The highest BCUT2D eigenvalue weighted by Crippen LogP contribution is 2.30. The number of benzene rings is 2. The van der Waals surface area contributed by atoms with Crippen molar-refractivity contribution >= 4 is 12.2 Å². The third kappa shape index (κ3) is 3.33. The minimum atomic E-state index is 1.05. The minimum Gasteiger partial charge on any atom is -0.0984 e. The van der Waals surface area contributed by atoms with Gasteiger partial charge >= 0.3 is 0 Å². The van der Waals surface area contributed by atoms with Gasteiger partial charge in [0.25, 0.3) is 0 Å². The molecule has 0 aliphatic heterocycles. The van der Waals surface area contributed by atoms with E-state index in [2.05, 4.69) is 63.4 Å². The second kappa shape index (κ2) is 7.08. The molecule has 0 amide bonds. The van der Waals surface area contributed by atoms with Crippen molar-refractivity contribution in [2.24, 2.45) is 0 Å². The molecule has 0 nitrogen and oxygen atoms in total. The van der Waals surface area contributed by atoms with Crippen molar-refractivity contribution in [1.82, 2.24) is 0 Å². The summed E-state index contributed by atoms with van der Waals surface area (Å²) < 4.78 is 0. The Bertz CT molecular complexity index is 647. The van der Waals surface area contributed by atoms with Crippen LogP contribution in [-0.4, -0.2) is 0 Å². The largest absolute Gasteiger partial charge is 0.0984 e. The lowest BCUT2D eigenvalue weighted by atomic mass is 9.91. The van der Waals surface area contributed by atoms with Crippen molar-refractivity contribution in [3.8, 4) is 11.1 Å². The second-order valence-electron chi connectivity index (χ2n) is 5.36. The molecule has 0 spiro atoms. The Kier molecular flexibility index (Phi) is 5.16. The molecule has 0 heterocycles. The molecule has 0 heteroatoms. The summed E-state index contributed by atoms with van der Waals surface area (Å²) >= 11 is 0. The van der Waals surface area contributed by atoms with Gasteiger partial charge in [-0.25, -0.2) is 0 Å². The summed E-state index contributed by atoms with van der Waals surface area (Å²) in [5.41, 5.74) is 7.59. The highest BCUT2D eigenvalue weighted by atomic mass is 14.1. The first kappa shape index (κ1) is 15.3. The summed E-state index contributed by atoms with van der Waals surface area (Å²) in [5, 5.41) is 0. The van der Waals surface area contributed by atoms with E-state index in [4.69, 9.17) is 0 Å². The van der Waals surface area contributed by atoms with Gasteiger partial charge in [-0.2, -0.15) is 0 Å². The van der Waals surface area contributed by atoms with Crippen molar-refractivity contribution < 1.29 is 0 Å². The predicted molar refractivity (Wildman–Crippen MR) is 95.4 cm³/mol. The van der Waals surface area contributed by atoms with E-state index < -0.39 is 0 Å². The van der Waals surface area contributed by atoms with Crippen molar-refractivity contribution in [2.45, 2.75) is 33.1 Å². The van der Waals surface area contributed by atoms with Crippen molar-refractivity contribution in [2.75, 3.05) is 0 Å². The molecule has 0 bridgehead atoms. The van der Waals surface area contributed by atoms with E-state index >= 15 is 0 Å². The van der Waals surface area contributed by atoms with Crippen molar-refractivity contribution in [3.63, 3.8) is 0 Å². The maximum atomic E-state index is 3.98. The summed E-state index contributed by atoms with van der Waals surface area (Å²) in [4.78, 5) is 0. The van der Waals surface area contributed by atoms with Crippen LogP contribution in [-0.2, 0) is 12.8 Å². The predicted octanol–water partition coefficient (Wildman–Crippen LogP) is 6.15. The van der Waals surface area contributed by atoms with Crippen molar-refractivity contribution in [3.05, 3.63) is 71.8 Å². The highest BCUT2D eigenvalue weighted by Gasteiger charge is 2.08. The van der Waals surface area contributed by atoms with Crippen LogP contribution in [0.4, 0.5) is 0 Å². The van der Waals surface area contributed by atoms with Crippen LogP contribution < -0.4 is 0 Å². The Morgan fingerprint density at radius 2 is 1.33 bits per heavy atom. The van der Waals surface area contributed by atoms with E-state index in [0.29, 0.717) is 0 Å². The molecule has 0 aliphatic rings. The maximum absolute atomic E-state index is 3.98. The molecule has 0 radical (unpaired) electrons. The Hall–Kier alpha value is -2.08. The van der Waals surface area contributed by atoms with Gasteiger partial charge in [-0.15, -0.1) is 0 Å². The van der Waals surface area contributed by atoms with Gasteiger partial charge < -0.3 is 0 Å². The van der Waals surface area contributed by atoms with Crippen LogP contribution in [0.15, 0.2) is 49.6 Å². The van der Waals surface area contributed by atoms with Gasteiger partial charge in [0.2, 0.25) is 0 Å². The van der Waals surface area contributed by atoms with Gasteiger partial charge in [-0.3, -0.25) is 0 Å². The number of rotatable bonds is 6. The zero-order chi connectivity index (χ0) is 15.2. The van der Waals surface area contributed by atoms with E-state index in [1.54, 1.807) is 0 Å². The molecule has 2 aromatic rings. The van der Waals surface area contributed by atoms with Crippen LogP contribution in [0.5, 0.6) is 0 Å². The highest BCUT2D eigenvalue weighted by molar-refractivity contribution is 5.81. The third-order valence-electron chi connectivity index (χ3n) is 3.91. The zero-order valence-corrected chi connectivity index (χ0v) is 13.2. The van der Waals surface area contributed by atoms with Gasteiger partial charge in [0.05, 0.1) is 0 Å². The van der Waals surface area contributed by atoms with Crippen LogP contribution in [0.3, 0.4) is 0 Å². The van der Waals surface area contributed by atoms with E-state index in [9.17, 15) is 0 Å². The van der Waals surface area contributed by atoms with Gasteiger partial charge in [-0.1, -0.05) is 82.0 Å². The van der Waals surface area contributed by atoms with E-state index in [-0.39, 0.29) is 0 Å². The average molecular weight is 276 g/mol. The Labute approximate surface area is 128 Å². The molecule has 0 saturated heterocycles. The molecule has 0 N–H and O–H groups in total. The van der Waals surface area contributed by atoms with E-state index in [1.165, 1.54) is 39.8 Å². The summed E-state index contributed by atoms with van der Waals surface area (Å²) in [5.74, 6) is 0. The topological polar surface area (TPSA) is 0 Å². The second-order valence-corrected chi connectivity index (χ2v) is 5.36. The molecular formula is C21H24. The van der Waals surface area contributed by atoms with Gasteiger partial charge in [0.15, 0.2) is 0 Å². The Balaban J connectivity index is 2.55. The van der Waals surface area contributed by atoms with Gasteiger partial charge in [-0.05, 0) is 46.2 Å². The first-order chi connectivity index (χ1) is 10.2. The lowest BCUT2D eigenvalue weighted by Crippen LogP contribution is -1.92. The zero-order valence-electron chi connectivity index (χ0n) is 13.2. The Morgan fingerprint density at radius 1 is 0.810 bits per heavy atom. The summed E-state index contributed by atoms with van der Waals surface area (Å²) in [6, 6.07) is 13.3. The molecule has 2 rings (SSSR count). The fraction of sp³-hybridized carbons (Fsp3) is 0.238. The van der Waals surface area contributed by atoms with E-state index in [1.807, 2.05) is 12.2 Å². The first-order valence-electron chi connectivity index (χ1n) is 7.74. The molecule has 0 aliphatic carbocycles. The van der Waals surface area contributed by atoms with Gasteiger partial charge in [0.1, 0.15) is 0 Å². The Morgan fingerprint density at radius 3 is 1.81 bits per heavy atom. The average Bonchev–Trinajstić information content (AvgIpc) is 2.54. The number of aryl methyl sites for hydroxylation is 2. The molecule has 108 valence electrons. The van der Waals surface area contributed by atoms with Crippen LogP contribution in [0.25, 0.3) is 23.3 Å². The van der Waals surface area contributed by atoms with Crippen LogP contribution in [0.2, 0.25) is 0 Å². The fourth-order valence-electron chi connectivity index (χ4n) is 2.72. The molecular weight excluding hydrogens is 252 g/mol. The quantitative estimate of drug-likeness (QED) is 0.593. The summed E-state index contributed by atoms with van der Waals surface area (Å²) in [7, 11) is 0. The molecule has 21 heavy (non-hydrogen) atoms. The van der Waals surface area contributed by atoms with Crippen LogP contribution >= 0.6 is 0 Å². The van der Waals surface area contributed by atoms with E-state index in [0.717, 1.165) is 12.8 Å². The molecule has 0 atom stereocenters. The number of hydrogen-bond donors (Lipinski definition) is 0. The molecule has 0 saturated carbocycles. The third-order valence-corrected chi connectivity index (χ3v) is 3.91. The summed E-state index contributed by atoms with van der Waals surface area (Å²) in [6.07, 6.45) is 7.23. The first-order valence-corrected chi connectivity index (χ1v) is 7.74. The fourth-order valence-corrected chi connectivity index (χ4v) is 2.72. The van der Waals surface area contributed by atoms with Crippen LogP contribution in [0.1, 0.15) is 42.5 Å². The molecule has 2 aromatic carbocycles. The lowest BCUT2D eigenvalue weighted by molar-refractivity contribution is 0.922. The lowest BCUT2D eigenvalue weighted by Gasteiger charge is -2.13. The smallest absolute Gasteiger partial charge is 0.0105 e. The number of hydrogen-bond acceptors (Lipinski definition) is 0. The van der Waals surface area contributed by atoms with Gasteiger partial charge in [0, 0.05) is 0 Å². The molecule has 0 aromatic heterocycles. The maximum Gasteiger partial charge on any atom is -0.0105 e. The van der Waals surface area contributed by atoms with Crippen molar-refractivity contribution in [1.29, 1.82) is 0 Å². The van der Waals surface area contributed by atoms with Crippen LogP contribution in [0, 0.1) is 0 Å². The SMILES string of the molecule is C=Cc1cc(CC)ccc1-c1ccc(CCC)cc1C=C. The summed E-state index contributed by atoms with van der Waals surface area (Å²) in [6.45, 7) is 12.3. The minimum absolute atomic E-state index is 1.05.